The number of hydrogen-bond acceptors (Lipinski definition) is 4. The van der Waals surface area contributed by atoms with E-state index in [2.05, 4.69) is 56.3 Å². The predicted molar refractivity (Wildman–Crippen MR) is 276 cm³/mol. The summed E-state index contributed by atoms with van der Waals surface area (Å²) in [5.74, 6) is 0.228. The van der Waals surface area contributed by atoms with Crippen LogP contribution in [0.5, 0.6) is 0 Å². The van der Waals surface area contributed by atoms with E-state index in [9.17, 15) is 0 Å². The van der Waals surface area contributed by atoms with Crippen LogP contribution < -0.4 is 0 Å². The minimum atomic E-state index is -4.78. The average Bonchev–Trinajstić information content (AvgIpc) is 3.72. The number of fused-ring (bicyclic) bond motifs is 3. The van der Waals surface area contributed by atoms with Gasteiger partial charge in [-0.15, -0.1) is 0 Å². The number of nitrogens with zero attached hydrogens (tertiary/aromatic N) is 5. The second-order valence-corrected chi connectivity index (χ2v) is 16.7. The minimum Gasteiger partial charge on any atom is -0.308 e. The molecule has 0 bridgehead atoms. The molecule has 11 rings (SSSR count). The van der Waals surface area contributed by atoms with Crippen molar-refractivity contribution in [2.75, 3.05) is 0 Å². The van der Waals surface area contributed by atoms with Gasteiger partial charge in [0, 0.05) is 44.2 Å². The molecule has 8 aromatic carbocycles. The number of hydrogen-bond donors (Lipinski definition) is 0. The van der Waals surface area contributed by atoms with E-state index in [-0.39, 0.29) is 22.8 Å². The maximum atomic E-state index is 15.7. The summed E-state index contributed by atoms with van der Waals surface area (Å²) in [5.41, 5.74) is 11.2. The highest BCUT2D eigenvalue weighted by molar-refractivity contribution is 6.11. The Morgan fingerprint density at radius 3 is 1.23 bits per heavy atom. The molecule has 11 aromatic rings. The lowest BCUT2D eigenvalue weighted by Gasteiger charge is -2.21. The Labute approximate surface area is 399 Å². The summed E-state index contributed by atoms with van der Waals surface area (Å²) in [5, 5.41) is 1.85. The maximum absolute atomic E-state index is 15.7. The Kier molecular flexibility index (Phi) is 12.0. The number of rotatable bonds is 8. The summed E-state index contributed by atoms with van der Waals surface area (Å²) in [6.07, 6.45) is -4.78. The Bertz CT molecular complexity index is 3360. The van der Waals surface area contributed by atoms with Crippen molar-refractivity contribution in [1.82, 2.24) is 24.5 Å². The van der Waals surface area contributed by atoms with E-state index < -0.39 is 11.7 Å². The van der Waals surface area contributed by atoms with Crippen LogP contribution in [0.2, 0.25) is 0 Å². The summed E-state index contributed by atoms with van der Waals surface area (Å²) >= 11 is 0. The number of aryl methyl sites for hydroxylation is 2. The van der Waals surface area contributed by atoms with Gasteiger partial charge in [-0.2, -0.15) is 13.2 Å². The van der Waals surface area contributed by atoms with Crippen LogP contribution in [0.1, 0.15) is 30.5 Å². The van der Waals surface area contributed by atoms with Crippen molar-refractivity contribution in [2.45, 2.75) is 33.9 Å². The lowest BCUT2D eigenvalue weighted by atomic mass is 9.97. The van der Waals surface area contributed by atoms with Crippen LogP contribution in [0.25, 0.3) is 106 Å². The fourth-order valence-electron chi connectivity index (χ4n) is 9.06. The van der Waals surface area contributed by atoms with Crippen LogP contribution >= 0.6 is 0 Å². The lowest BCUT2D eigenvalue weighted by molar-refractivity contribution is -0.137. The van der Waals surface area contributed by atoms with E-state index in [1.807, 2.05) is 170 Å². The van der Waals surface area contributed by atoms with Crippen molar-refractivity contribution in [1.29, 1.82) is 0 Å². The van der Waals surface area contributed by atoms with Crippen molar-refractivity contribution < 1.29 is 13.2 Å². The first kappa shape index (κ1) is 44.4. The number of aromatic nitrogens is 5. The molecule has 0 fully saturated rings. The molecule has 0 spiro atoms. The summed E-state index contributed by atoms with van der Waals surface area (Å²) < 4.78 is 49.2. The molecule has 0 aliphatic rings. The van der Waals surface area contributed by atoms with Gasteiger partial charge in [0.15, 0.2) is 11.6 Å². The van der Waals surface area contributed by atoms with Gasteiger partial charge >= 0.3 is 6.18 Å². The van der Waals surface area contributed by atoms with Gasteiger partial charge in [0.05, 0.1) is 45.1 Å². The normalized spacial score (nSPS) is 11.4. The smallest absolute Gasteiger partial charge is 0.308 e. The monoisotopic (exact) mass is 905 g/mol. The largest absolute Gasteiger partial charge is 0.416 e. The molecule has 3 heterocycles. The third-order valence-electron chi connectivity index (χ3n) is 12.2. The molecule has 0 radical (unpaired) electrons. The first-order chi connectivity index (χ1) is 33.7. The zero-order chi connectivity index (χ0) is 47.6. The predicted octanol–water partition coefficient (Wildman–Crippen LogP) is 16.7. The van der Waals surface area contributed by atoms with Gasteiger partial charge in [0.25, 0.3) is 0 Å². The fourth-order valence-corrected chi connectivity index (χ4v) is 9.06. The fraction of sp³-hybridized carbons (Fsp3) is 0.0820. The van der Waals surface area contributed by atoms with Gasteiger partial charge in [-0.05, 0) is 73.0 Å². The Morgan fingerprint density at radius 1 is 0.377 bits per heavy atom. The topological polar surface area (TPSA) is 56.5 Å². The zero-order valence-electron chi connectivity index (χ0n) is 38.5. The van der Waals surface area contributed by atoms with E-state index in [0.29, 0.717) is 28.5 Å². The highest BCUT2D eigenvalue weighted by Crippen LogP contribution is 2.45. The van der Waals surface area contributed by atoms with Crippen molar-refractivity contribution in [3.63, 3.8) is 0 Å². The van der Waals surface area contributed by atoms with Crippen LogP contribution in [0.15, 0.2) is 206 Å². The highest BCUT2D eigenvalue weighted by atomic mass is 19.4. The molecule has 3 aromatic heterocycles. The lowest BCUT2D eigenvalue weighted by Crippen LogP contribution is -2.11. The van der Waals surface area contributed by atoms with Crippen LogP contribution in [0.4, 0.5) is 13.2 Å². The van der Waals surface area contributed by atoms with Crippen LogP contribution in [-0.4, -0.2) is 24.5 Å². The van der Waals surface area contributed by atoms with E-state index in [1.165, 1.54) is 17.7 Å². The maximum Gasteiger partial charge on any atom is 0.416 e. The third kappa shape index (κ3) is 8.69. The minimum absolute atomic E-state index is 0.114. The van der Waals surface area contributed by atoms with E-state index in [4.69, 9.17) is 19.9 Å². The first-order valence-electron chi connectivity index (χ1n) is 23.0. The van der Waals surface area contributed by atoms with Crippen molar-refractivity contribution >= 4 is 21.8 Å². The van der Waals surface area contributed by atoms with E-state index >= 15 is 13.2 Å². The summed E-state index contributed by atoms with van der Waals surface area (Å²) in [6, 6.07) is 65.4. The van der Waals surface area contributed by atoms with Gasteiger partial charge in [-0.3, -0.25) is 0 Å². The molecule has 0 aliphatic carbocycles. The molecule has 8 heteroatoms. The number of para-hydroxylation sites is 1. The molecule has 0 unspecified atom stereocenters. The molecule has 5 nitrogen and oxygen atoms in total. The number of halogens is 3. The van der Waals surface area contributed by atoms with Gasteiger partial charge in [-0.1, -0.05) is 183 Å². The standard InChI is InChI=1S/C59H40F3N5.C2H6/c1-37-27-29-45(38(2)31-37)43-28-30-55-47(32-43)46-25-15-16-26-54(46)67(55)56-48(57-63-50(39-17-7-3-8-18-39)35-51(64-57)40-19-9-4-10-20-40)33-44(59(60,61)62)34-49(56)58-65-52(41-21-11-5-12-22-41)36-53(66-58)42-23-13-6-14-24-42;1-2/h3-36H,1-2H3;1-2H3. The molecule has 0 saturated heterocycles. The van der Waals surface area contributed by atoms with Crippen molar-refractivity contribution in [3.05, 3.63) is 223 Å². The molecular weight excluding hydrogens is 860 g/mol. The van der Waals surface area contributed by atoms with E-state index in [0.717, 1.165) is 60.8 Å². The summed E-state index contributed by atoms with van der Waals surface area (Å²) in [6.45, 7) is 8.19. The van der Waals surface area contributed by atoms with Crippen LogP contribution in [-0.2, 0) is 6.18 Å². The Hall–Kier alpha value is -8.49. The van der Waals surface area contributed by atoms with E-state index in [1.54, 1.807) is 0 Å². The highest BCUT2D eigenvalue weighted by Gasteiger charge is 2.35. The second kappa shape index (κ2) is 18.7. The third-order valence-corrected chi connectivity index (χ3v) is 12.2. The molecular formula is C61H46F3N5. The zero-order valence-corrected chi connectivity index (χ0v) is 38.5. The number of benzene rings is 8. The molecule has 0 aliphatic heterocycles. The van der Waals surface area contributed by atoms with Gasteiger partial charge in [0.1, 0.15) is 0 Å². The molecule has 0 amide bonds. The van der Waals surface area contributed by atoms with Crippen LogP contribution in [0.3, 0.4) is 0 Å². The van der Waals surface area contributed by atoms with Gasteiger partial charge in [0.2, 0.25) is 0 Å². The molecule has 69 heavy (non-hydrogen) atoms. The second-order valence-electron chi connectivity index (χ2n) is 16.7. The summed E-state index contributed by atoms with van der Waals surface area (Å²) in [4.78, 5) is 20.6. The Morgan fingerprint density at radius 2 is 0.797 bits per heavy atom. The first-order valence-corrected chi connectivity index (χ1v) is 23.0. The summed E-state index contributed by atoms with van der Waals surface area (Å²) in [7, 11) is 0. The van der Waals surface area contributed by atoms with Gasteiger partial charge < -0.3 is 4.57 Å². The molecule has 336 valence electrons. The van der Waals surface area contributed by atoms with Crippen molar-refractivity contribution in [3.8, 4) is 84.6 Å². The van der Waals surface area contributed by atoms with Gasteiger partial charge in [-0.25, -0.2) is 19.9 Å². The number of alkyl halides is 3. The Balaban J connectivity index is 0.00000273. The molecule has 0 N–H and O–H groups in total. The molecule has 0 atom stereocenters. The average molecular weight is 906 g/mol. The SMILES string of the molecule is CC.Cc1ccc(-c2ccc3c(c2)c2ccccc2n3-c2c(-c3nc(-c4ccccc4)cc(-c4ccccc4)n3)cc(C(F)(F)F)cc2-c2nc(-c3ccccc3)cc(-c3ccccc3)n2)c(C)c1. The van der Waals surface area contributed by atoms with Crippen LogP contribution in [0, 0.1) is 13.8 Å². The van der Waals surface area contributed by atoms with Crippen molar-refractivity contribution in [2.24, 2.45) is 0 Å². The quantitative estimate of drug-likeness (QED) is 0.152. The molecule has 0 saturated carbocycles.